The van der Waals surface area contributed by atoms with E-state index in [4.69, 9.17) is 0 Å². The molecule has 2 saturated heterocycles. The first-order valence-electron chi connectivity index (χ1n) is 7.13. The van der Waals surface area contributed by atoms with Gasteiger partial charge in [0.25, 0.3) is 0 Å². The number of urea groups is 1. The molecule has 2 unspecified atom stereocenters. The van der Waals surface area contributed by atoms with Crippen molar-refractivity contribution in [3.05, 3.63) is 0 Å². The molecule has 3 amide bonds. The van der Waals surface area contributed by atoms with E-state index in [1.807, 2.05) is 18.7 Å². The van der Waals surface area contributed by atoms with Gasteiger partial charge in [-0.25, -0.2) is 4.79 Å². The Balaban J connectivity index is 1.69. The predicted octanol–water partition coefficient (Wildman–Crippen LogP) is 0.0469. The SMILES string of the molecule is CC(C)N1CC(NC(=O)NCC2CCCN2)CC1=O. The average molecular weight is 268 g/mol. The van der Waals surface area contributed by atoms with Gasteiger partial charge in [-0.1, -0.05) is 0 Å². The molecule has 0 radical (unpaired) electrons. The molecule has 0 aromatic rings. The van der Waals surface area contributed by atoms with Crippen molar-refractivity contribution in [1.82, 2.24) is 20.9 Å². The minimum absolute atomic E-state index is 0.0635. The fourth-order valence-electron chi connectivity index (χ4n) is 2.71. The number of nitrogens with one attached hydrogen (secondary N) is 3. The molecule has 2 rings (SSSR count). The van der Waals surface area contributed by atoms with Crippen molar-refractivity contribution in [2.45, 2.75) is 51.2 Å². The summed E-state index contributed by atoms with van der Waals surface area (Å²) in [5, 5.41) is 9.08. The molecule has 0 saturated carbocycles. The quantitative estimate of drug-likeness (QED) is 0.674. The molecule has 0 bridgehead atoms. The summed E-state index contributed by atoms with van der Waals surface area (Å²) < 4.78 is 0. The molecule has 2 heterocycles. The van der Waals surface area contributed by atoms with Crippen LogP contribution >= 0.6 is 0 Å². The Morgan fingerprint density at radius 2 is 2.32 bits per heavy atom. The minimum Gasteiger partial charge on any atom is -0.338 e. The van der Waals surface area contributed by atoms with Crippen LogP contribution < -0.4 is 16.0 Å². The standard InChI is InChI=1S/C13H24N4O2/c1-9(2)17-8-11(6-12(17)18)16-13(19)15-7-10-4-3-5-14-10/h9-11,14H,3-8H2,1-2H3,(H2,15,16,19). The number of amides is 3. The second-order valence-electron chi connectivity index (χ2n) is 5.69. The van der Waals surface area contributed by atoms with Crippen molar-refractivity contribution in [3.63, 3.8) is 0 Å². The van der Waals surface area contributed by atoms with Gasteiger partial charge in [0.1, 0.15) is 0 Å². The van der Waals surface area contributed by atoms with Crippen molar-refractivity contribution in [3.8, 4) is 0 Å². The molecular formula is C13H24N4O2. The van der Waals surface area contributed by atoms with Gasteiger partial charge in [0.05, 0.1) is 6.04 Å². The van der Waals surface area contributed by atoms with E-state index in [0.717, 1.165) is 13.0 Å². The molecule has 0 aromatic carbocycles. The third-order valence-corrected chi connectivity index (χ3v) is 3.79. The van der Waals surface area contributed by atoms with Gasteiger partial charge in [0.15, 0.2) is 0 Å². The summed E-state index contributed by atoms with van der Waals surface area (Å²) in [7, 11) is 0. The maximum Gasteiger partial charge on any atom is 0.315 e. The van der Waals surface area contributed by atoms with E-state index in [-0.39, 0.29) is 24.0 Å². The van der Waals surface area contributed by atoms with Crippen LogP contribution in [-0.2, 0) is 4.79 Å². The first-order valence-corrected chi connectivity index (χ1v) is 7.13. The zero-order chi connectivity index (χ0) is 13.8. The van der Waals surface area contributed by atoms with Gasteiger partial charge in [-0.2, -0.15) is 0 Å². The monoisotopic (exact) mass is 268 g/mol. The molecule has 2 aliphatic rings. The lowest BCUT2D eigenvalue weighted by atomic mass is 10.2. The third-order valence-electron chi connectivity index (χ3n) is 3.79. The molecule has 19 heavy (non-hydrogen) atoms. The summed E-state index contributed by atoms with van der Waals surface area (Å²) in [5.74, 6) is 0.123. The predicted molar refractivity (Wildman–Crippen MR) is 72.8 cm³/mol. The second kappa shape index (κ2) is 6.23. The minimum atomic E-state index is -0.169. The maximum atomic E-state index is 11.8. The fraction of sp³-hybridized carbons (Fsp3) is 0.846. The number of likely N-dealkylation sites (tertiary alicyclic amines) is 1. The Hall–Kier alpha value is -1.30. The highest BCUT2D eigenvalue weighted by molar-refractivity contribution is 5.81. The Morgan fingerprint density at radius 3 is 2.89 bits per heavy atom. The zero-order valence-electron chi connectivity index (χ0n) is 11.7. The number of hydrogen-bond acceptors (Lipinski definition) is 3. The highest BCUT2D eigenvalue weighted by Gasteiger charge is 2.31. The molecule has 6 nitrogen and oxygen atoms in total. The van der Waals surface area contributed by atoms with Crippen LogP contribution in [0.3, 0.4) is 0 Å². The van der Waals surface area contributed by atoms with Crippen molar-refractivity contribution in [2.75, 3.05) is 19.6 Å². The van der Waals surface area contributed by atoms with Crippen molar-refractivity contribution >= 4 is 11.9 Å². The summed E-state index contributed by atoms with van der Waals surface area (Å²) in [6.07, 6.45) is 2.70. The Labute approximate surface area is 114 Å². The largest absolute Gasteiger partial charge is 0.338 e. The molecular weight excluding hydrogens is 244 g/mol. The molecule has 6 heteroatoms. The summed E-state index contributed by atoms with van der Waals surface area (Å²) in [4.78, 5) is 25.3. The normalized spacial score (nSPS) is 27.1. The van der Waals surface area contributed by atoms with Gasteiger partial charge >= 0.3 is 6.03 Å². The van der Waals surface area contributed by atoms with E-state index in [9.17, 15) is 9.59 Å². The van der Waals surface area contributed by atoms with Gasteiger partial charge in [-0.15, -0.1) is 0 Å². The number of rotatable bonds is 4. The Kier molecular flexibility index (Phi) is 4.63. The van der Waals surface area contributed by atoms with Crippen LogP contribution in [0.25, 0.3) is 0 Å². The summed E-state index contributed by atoms with van der Waals surface area (Å²) in [6.45, 7) is 6.29. The van der Waals surface area contributed by atoms with E-state index in [1.165, 1.54) is 6.42 Å². The topological polar surface area (TPSA) is 73.5 Å². The summed E-state index contributed by atoms with van der Waals surface area (Å²) in [5.41, 5.74) is 0. The van der Waals surface area contributed by atoms with E-state index in [0.29, 0.717) is 25.6 Å². The van der Waals surface area contributed by atoms with Crippen molar-refractivity contribution in [1.29, 1.82) is 0 Å². The van der Waals surface area contributed by atoms with E-state index < -0.39 is 0 Å². The first-order chi connectivity index (χ1) is 9.06. The van der Waals surface area contributed by atoms with Crippen LogP contribution in [0.4, 0.5) is 4.79 Å². The van der Waals surface area contributed by atoms with Crippen LogP contribution in [0.15, 0.2) is 0 Å². The Bertz CT molecular complexity index is 340. The molecule has 0 aromatic heterocycles. The lowest BCUT2D eigenvalue weighted by Crippen LogP contribution is -2.47. The van der Waals surface area contributed by atoms with Crippen molar-refractivity contribution < 1.29 is 9.59 Å². The summed E-state index contributed by atoms with van der Waals surface area (Å²) >= 11 is 0. The smallest absolute Gasteiger partial charge is 0.315 e. The molecule has 0 aliphatic carbocycles. The van der Waals surface area contributed by atoms with Crippen LogP contribution in [0.1, 0.15) is 33.1 Å². The van der Waals surface area contributed by atoms with E-state index in [1.54, 1.807) is 0 Å². The van der Waals surface area contributed by atoms with Crippen LogP contribution in [0.5, 0.6) is 0 Å². The lowest BCUT2D eigenvalue weighted by molar-refractivity contribution is -0.129. The lowest BCUT2D eigenvalue weighted by Gasteiger charge is -2.21. The molecule has 2 atom stereocenters. The number of carbonyl (C=O) groups is 2. The van der Waals surface area contributed by atoms with E-state index in [2.05, 4.69) is 16.0 Å². The molecule has 3 N–H and O–H groups in total. The number of carbonyl (C=O) groups excluding carboxylic acids is 2. The number of hydrogen-bond donors (Lipinski definition) is 3. The molecule has 2 aliphatic heterocycles. The van der Waals surface area contributed by atoms with Crippen LogP contribution in [0, 0.1) is 0 Å². The van der Waals surface area contributed by atoms with Gasteiger partial charge in [-0.05, 0) is 33.2 Å². The van der Waals surface area contributed by atoms with Crippen molar-refractivity contribution in [2.24, 2.45) is 0 Å². The summed E-state index contributed by atoms with van der Waals surface area (Å²) in [6, 6.07) is 0.358. The van der Waals surface area contributed by atoms with Gasteiger partial charge in [0, 0.05) is 31.6 Å². The van der Waals surface area contributed by atoms with Gasteiger partial charge in [0.2, 0.25) is 5.91 Å². The number of nitrogens with zero attached hydrogens (tertiary/aromatic N) is 1. The highest BCUT2D eigenvalue weighted by atomic mass is 16.2. The molecule has 108 valence electrons. The maximum absolute atomic E-state index is 11.8. The third kappa shape index (κ3) is 3.83. The first kappa shape index (κ1) is 14.1. The van der Waals surface area contributed by atoms with Gasteiger partial charge in [-0.3, -0.25) is 4.79 Å². The van der Waals surface area contributed by atoms with Crippen LogP contribution in [0.2, 0.25) is 0 Å². The van der Waals surface area contributed by atoms with Crippen LogP contribution in [-0.4, -0.2) is 54.6 Å². The van der Waals surface area contributed by atoms with Gasteiger partial charge < -0.3 is 20.9 Å². The van der Waals surface area contributed by atoms with E-state index >= 15 is 0 Å². The molecule has 2 fully saturated rings. The molecule has 0 spiro atoms. The fourth-order valence-corrected chi connectivity index (χ4v) is 2.71. The zero-order valence-corrected chi connectivity index (χ0v) is 11.7. The highest BCUT2D eigenvalue weighted by Crippen LogP contribution is 2.14. The Morgan fingerprint density at radius 1 is 1.53 bits per heavy atom. The average Bonchev–Trinajstić information content (AvgIpc) is 2.96. The second-order valence-corrected chi connectivity index (χ2v) is 5.69.